The fourth-order valence-corrected chi connectivity index (χ4v) is 1.85. The van der Waals surface area contributed by atoms with E-state index in [-0.39, 0.29) is 0 Å². The van der Waals surface area contributed by atoms with Crippen LogP contribution in [0, 0.1) is 0 Å². The zero-order chi connectivity index (χ0) is 11.5. The van der Waals surface area contributed by atoms with Crippen LogP contribution in [0.3, 0.4) is 0 Å². The number of hydrogen-bond acceptors (Lipinski definition) is 1. The molecule has 0 amide bonds. The molecule has 2 heterocycles. The van der Waals surface area contributed by atoms with Gasteiger partial charge in [-0.3, -0.25) is 4.98 Å². The highest BCUT2D eigenvalue weighted by Crippen LogP contribution is 2.21. The molecule has 2 nitrogen and oxygen atoms in total. The Hall–Kier alpha value is -2.35. The van der Waals surface area contributed by atoms with Crippen molar-refractivity contribution in [3.63, 3.8) is 0 Å². The van der Waals surface area contributed by atoms with Crippen molar-refractivity contribution in [2.75, 3.05) is 0 Å². The van der Waals surface area contributed by atoms with Gasteiger partial charge in [-0.25, -0.2) is 0 Å². The largest absolute Gasteiger partial charge is 0.367 e. The third kappa shape index (κ3) is 1.97. The molecule has 3 aromatic rings. The van der Waals surface area contributed by atoms with Gasteiger partial charge in [-0.05, 0) is 17.7 Å². The first-order valence-corrected chi connectivity index (χ1v) is 5.58. The van der Waals surface area contributed by atoms with Crippen LogP contribution in [0.4, 0.5) is 0 Å². The Morgan fingerprint density at radius 1 is 0.765 bits per heavy atom. The molecule has 0 radical (unpaired) electrons. The number of rotatable bonds is 2. The second kappa shape index (κ2) is 4.26. The van der Waals surface area contributed by atoms with Crippen LogP contribution in [-0.2, 0) is 0 Å². The third-order valence-electron chi connectivity index (χ3n) is 2.76. The van der Waals surface area contributed by atoms with Gasteiger partial charge in [0, 0.05) is 29.7 Å². The van der Waals surface area contributed by atoms with E-state index in [1.807, 2.05) is 48.9 Å². The van der Waals surface area contributed by atoms with Crippen LogP contribution >= 0.6 is 0 Å². The van der Waals surface area contributed by atoms with Gasteiger partial charge in [-0.15, -0.1) is 0 Å². The second-order valence-corrected chi connectivity index (χ2v) is 3.90. The summed E-state index contributed by atoms with van der Waals surface area (Å²) in [6.45, 7) is 0. The monoisotopic (exact) mass is 220 g/mol. The molecule has 2 aromatic heterocycles. The first-order chi connectivity index (χ1) is 8.43. The van der Waals surface area contributed by atoms with E-state index in [1.165, 1.54) is 5.56 Å². The SMILES string of the molecule is c1ccc(-c2ccc(-c3cc[nH]c3)nc2)cc1. The number of hydrogen-bond donors (Lipinski definition) is 1. The van der Waals surface area contributed by atoms with Gasteiger partial charge in [-0.2, -0.15) is 0 Å². The summed E-state index contributed by atoms with van der Waals surface area (Å²) in [5.74, 6) is 0. The molecular weight excluding hydrogens is 208 g/mol. The van der Waals surface area contributed by atoms with E-state index >= 15 is 0 Å². The summed E-state index contributed by atoms with van der Waals surface area (Å²) in [5.41, 5.74) is 4.45. The molecule has 0 saturated carbocycles. The van der Waals surface area contributed by atoms with Crippen LogP contribution < -0.4 is 0 Å². The van der Waals surface area contributed by atoms with Crippen molar-refractivity contribution in [3.05, 3.63) is 67.1 Å². The summed E-state index contributed by atoms with van der Waals surface area (Å²) in [6, 6.07) is 16.4. The molecular formula is C15H12N2. The topological polar surface area (TPSA) is 28.7 Å². The van der Waals surface area contributed by atoms with E-state index in [0.29, 0.717) is 0 Å². The second-order valence-electron chi connectivity index (χ2n) is 3.90. The smallest absolute Gasteiger partial charge is 0.0717 e. The summed E-state index contributed by atoms with van der Waals surface area (Å²) < 4.78 is 0. The highest BCUT2D eigenvalue weighted by Gasteiger charge is 2.00. The molecule has 1 aromatic carbocycles. The van der Waals surface area contributed by atoms with E-state index in [9.17, 15) is 0 Å². The number of nitrogens with zero attached hydrogens (tertiary/aromatic N) is 1. The van der Waals surface area contributed by atoms with Crippen LogP contribution in [0.25, 0.3) is 22.4 Å². The summed E-state index contributed by atoms with van der Waals surface area (Å²) in [6.07, 6.45) is 5.77. The highest BCUT2D eigenvalue weighted by molar-refractivity contribution is 5.66. The van der Waals surface area contributed by atoms with Crippen LogP contribution in [0.1, 0.15) is 0 Å². The van der Waals surface area contributed by atoms with E-state index in [0.717, 1.165) is 16.8 Å². The summed E-state index contributed by atoms with van der Waals surface area (Å²) in [4.78, 5) is 7.51. The summed E-state index contributed by atoms with van der Waals surface area (Å²) >= 11 is 0. The van der Waals surface area contributed by atoms with Gasteiger partial charge in [-0.1, -0.05) is 36.4 Å². The molecule has 0 saturated heterocycles. The Bertz CT molecular complexity index is 581. The lowest BCUT2D eigenvalue weighted by molar-refractivity contribution is 1.32. The first-order valence-electron chi connectivity index (χ1n) is 5.58. The average Bonchev–Trinajstić information content (AvgIpc) is 2.94. The van der Waals surface area contributed by atoms with Gasteiger partial charge < -0.3 is 4.98 Å². The standard InChI is InChI=1S/C15H12N2/c1-2-4-12(5-3-1)13-6-7-15(17-11-13)14-8-9-16-10-14/h1-11,16H. The third-order valence-corrected chi connectivity index (χ3v) is 2.76. The highest BCUT2D eigenvalue weighted by atomic mass is 14.7. The molecule has 0 unspecified atom stereocenters. The number of nitrogens with one attached hydrogen (secondary N) is 1. The van der Waals surface area contributed by atoms with Crippen molar-refractivity contribution < 1.29 is 0 Å². The lowest BCUT2D eigenvalue weighted by atomic mass is 10.1. The summed E-state index contributed by atoms with van der Waals surface area (Å²) in [5, 5.41) is 0. The molecule has 0 fully saturated rings. The minimum Gasteiger partial charge on any atom is -0.367 e. The lowest BCUT2D eigenvalue weighted by Gasteiger charge is -2.02. The van der Waals surface area contributed by atoms with E-state index in [1.54, 1.807) is 0 Å². The van der Waals surface area contributed by atoms with Gasteiger partial charge in [0.2, 0.25) is 0 Å². The molecule has 0 aliphatic carbocycles. The zero-order valence-electron chi connectivity index (χ0n) is 9.30. The predicted molar refractivity (Wildman–Crippen MR) is 69.5 cm³/mol. The van der Waals surface area contributed by atoms with Crippen molar-refractivity contribution in [2.24, 2.45) is 0 Å². The van der Waals surface area contributed by atoms with Crippen molar-refractivity contribution >= 4 is 0 Å². The number of aromatic nitrogens is 2. The Morgan fingerprint density at radius 2 is 1.65 bits per heavy atom. The van der Waals surface area contributed by atoms with Crippen LogP contribution in [0.15, 0.2) is 67.1 Å². The van der Waals surface area contributed by atoms with Crippen molar-refractivity contribution in [3.8, 4) is 22.4 Å². The maximum absolute atomic E-state index is 4.48. The van der Waals surface area contributed by atoms with Gasteiger partial charge in [0.15, 0.2) is 0 Å². The van der Waals surface area contributed by atoms with Gasteiger partial charge in [0.1, 0.15) is 0 Å². The molecule has 0 aliphatic heterocycles. The Kier molecular flexibility index (Phi) is 2.47. The quantitative estimate of drug-likeness (QED) is 0.700. The van der Waals surface area contributed by atoms with Crippen LogP contribution in [0.5, 0.6) is 0 Å². The molecule has 0 spiro atoms. The van der Waals surface area contributed by atoms with E-state index in [4.69, 9.17) is 0 Å². The number of aromatic amines is 1. The normalized spacial score (nSPS) is 10.4. The van der Waals surface area contributed by atoms with Crippen LogP contribution in [-0.4, -0.2) is 9.97 Å². The van der Waals surface area contributed by atoms with Crippen molar-refractivity contribution in [1.29, 1.82) is 0 Å². The van der Waals surface area contributed by atoms with Crippen molar-refractivity contribution in [2.45, 2.75) is 0 Å². The Balaban J connectivity index is 1.96. The number of benzene rings is 1. The summed E-state index contributed by atoms with van der Waals surface area (Å²) in [7, 11) is 0. The fraction of sp³-hybridized carbons (Fsp3) is 0. The molecule has 17 heavy (non-hydrogen) atoms. The number of H-pyrrole nitrogens is 1. The van der Waals surface area contributed by atoms with Crippen molar-refractivity contribution in [1.82, 2.24) is 9.97 Å². The Labute approximate surface area is 100.0 Å². The molecule has 1 N–H and O–H groups in total. The molecule has 0 aliphatic rings. The van der Waals surface area contributed by atoms with Gasteiger partial charge in [0.05, 0.1) is 5.69 Å². The maximum atomic E-state index is 4.48. The minimum absolute atomic E-state index is 0.992. The minimum atomic E-state index is 0.992. The molecule has 0 bridgehead atoms. The van der Waals surface area contributed by atoms with E-state index < -0.39 is 0 Å². The fourth-order valence-electron chi connectivity index (χ4n) is 1.85. The Morgan fingerprint density at radius 3 is 2.29 bits per heavy atom. The average molecular weight is 220 g/mol. The maximum Gasteiger partial charge on any atom is 0.0717 e. The molecule has 2 heteroatoms. The predicted octanol–water partition coefficient (Wildman–Crippen LogP) is 3.74. The lowest BCUT2D eigenvalue weighted by Crippen LogP contribution is -1.83. The zero-order valence-corrected chi connectivity index (χ0v) is 9.30. The van der Waals surface area contributed by atoms with Crippen LogP contribution in [0.2, 0.25) is 0 Å². The van der Waals surface area contributed by atoms with Gasteiger partial charge >= 0.3 is 0 Å². The molecule has 0 atom stereocenters. The first kappa shape index (κ1) is 9.85. The van der Waals surface area contributed by atoms with Gasteiger partial charge in [0.25, 0.3) is 0 Å². The number of pyridine rings is 1. The molecule has 3 rings (SSSR count). The van der Waals surface area contributed by atoms with E-state index in [2.05, 4.69) is 28.2 Å². The molecule has 82 valence electrons.